The number of piperidine rings is 1. The molecular formula is C16H25BrN2O. The van der Waals surface area contributed by atoms with E-state index in [1.807, 2.05) is 18.2 Å². The molecule has 1 aromatic heterocycles. The average Bonchev–Trinajstić information content (AvgIpc) is 2.45. The number of carbonyl (C=O) groups excluding carboxylic acids is 1. The third-order valence-corrected chi connectivity index (χ3v) is 3.97. The maximum absolute atomic E-state index is 12.0. The van der Waals surface area contributed by atoms with E-state index >= 15 is 0 Å². The molecule has 0 radical (unpaired) electrons. The van der Waals surface area contributed by atoms with Crippen LogP contribution in [0.25, 0.3) is 0 Å². The van der Waals surface area contributed by atoms with Crippen molar-refractivity contribution in [2.45, 2.75) is 45.6 Å². The first-order valence-electron chi connectivity index (χ1n) is 7.47. The Bertz CT molecular complexity index is 389. The minimum Gasteiger partial charge on any atom is -1.00 e. The number of hydrogen-bond donors (Lipinski definition) is 0. The van der Waals surface area contributed by atoms with Crippen molar-refractivity contribution in [3.8, 4) is 0 Å². The molecule has 2 rings (SSSR count). The number of pyridine rings is 1. The van der Waals surface area contributed by atoms with Crippen LogP contribution in [-0.4, -0.2) is 23.9 Å². The second-order valence-electron chi connectivity index (χ2n) is 5.63. The summed E-state index contributed by atoms with van der Waals surface area (Å²) >= 11 is 0. The lowest BCUT2D eigenvalue weighted by Gasteiger charge is -2.30. The van der Waals surface area contributed by atoms with Crippen molar-refractivity contribution in [3.05, 3.63) is 30.6 Å². The van der Waals surface area contributed by atoms with Crippen molar-refractivity contribution in [1.82, 2.24) is 4.90 Å². The molecule has 0 saturated carbocycles. The van der Waals surface area contributed by atoms with Gasteiger partial charge in [0, 0.05) is 38.1 Å². The first kappa shape index (κ1) is 17.2. The van der Waals surface area contributed by atoms with Crippen LogP contribution >= 0.6 is 0 Å². The first-order valence-corrected chi connectivity index (χ1v) is 7.47. The summed E-state index contributed by atoms with van der Waals surface area (Å²) < 4.78 is 2.17. The van der Waals surface area contributed by atoms with Crippen LogP contribution in [0.1, 0.15) is 39.0 Å². The number of hydrogen-bond acceptors (Lipinski definition) is 1. The zero-order valence-corrected chi connectivity index (χ0v) is 13.9. The van der Waals surface area contributed by atoms with Gasteiger partial charge in [-0.1, -0.05) is 13.0 Å². The van der Waals surface area contributed by atoms with E-state index in [1.165, 1.54) is 12.8 Å². The highest BCUT2D eigenvalue weighted by molar-refractivity contribution is 5.76. The van der Waals surface area contributed by atoms with Gasteiger partial charge >= 0.3 is 0 Å². The number of likely N-dealkylation sites (tertiary alicyclic amines) is 1. The topological polar surface area (TPSA) is 24.2 Å². The highest BCUT2D eigenvalue weighted by Gasteiger charge is 2.19. The van der Waals surface area contributed by atoms with E-state index in [2.05, 4.69) is 28.8 Å². The minimum absolute atomic E-state index is 0. The van der Waals surface area contributed by atoms with Crippen LogP contribution < -0.4 is 21.5 Å². The van der Waals surface area contributed by atoms with Crippen LogP contribution in [0, 0.1) is 5.92 Å². The molecule has 0 aliphatic carbocycles. The summed E-state index contributed by atoms with van der Waals surface area (Å²) in [4.78, 5) is 14.1. The monoisotopic (exact) mass is 340 g/mol. The van der Waals surface area contributed by atoms with Gasteiger partial charge in [-0.25, -0.2) is 4.57 Å². The number of halogens is 1. The number of aryl methyl sites for hydroxylation is 1. The van der Waals surface area contributed by atoms with Crippen LogP contribution in [0.2, 0.25) is 0 Å². The molecule has 1 saturated heterocycles. The number of rotatable bonds is 5. The van der Waals surface area contributed by atoms with Crippen molar-refractivity contribution >= 4 is 5.91 Å². The van der Waals surface area contributed by atoms with Crippen LogP contribution in [-0.2, 0) is 11.3 Å². The van der Waals surface area contributed by atoms with E-state index in [0.29, 0.717) is 12.3 Å². The third kappa shape index (κ3) is 5.61. The number of carbonyl (C=O) groups is 1. The largest absolute Gasteiger partial charge is 1.00 e. The number of nitrogens with zero attached hydrogens (tertiary/aromatic N) is 2. The van der Waals surface area contributed by atoms with Gasteiger partial charge in [-0.2, -0.15) is 0 Å². The molecular weight excluding hydrogens is 316 g/mol. The molecule has 0 N–H and O–H groups in total. The van der Waals surface area contributed by atoms with E-state index in [1.54, 1.807) is 0 Å². The Balaban J connectivity index is 0.00000200. The Morgan fingerprint density at radius 3 is 2.45 bits per heavy atom. The maximum atomic E-state index is 12.0. The lowest BCUT2D eigenvalue weighted by molar-refractivity contribution is -0.697. The molecule has 1 aliphatic rings. The molecule has 4 heteroatoms. The Kier molecular flexibility index (Phi) is 7.82. The van der Waals surface area contributed by atoms with Crippen molar-refractivity contribution < 1.29 is 26.3 Å². The summed E-state index contributed by atoms with van der Waals surface area (Å²) in [6.45, 7) is 5.21. The van der Waals surface area contributed by atoms with Crippen molar-refractivity contribution in [2.75, 3.05) is 13.1 Å². The summed E-state index contributed by atoms with van der Waals surface area (Å²) in [7, 11) is 0. The number of unbranched alkanes of at least 4 members (excludes halogenated alkanes) is 1. The van der Waals surface area contributed by atoms with Gasteiger partial charge in [0.15, 0.2) is 12.4 Å². The van der Waals surface area contributed by atoms with Gasteiger partial charge in [0.1, 0.15) is 6.54 Å². The third-order valence-electron chi connectivity index (χ3n) is 3.97. The van der Waals surface area contributed by atoms with E-state index in [-0.39, 0.29) is 17.0 Å². The summed E-state index contributed by atoms with van der Waals surface area (Å²) in [6.07, 6.45) is 9.28. The Morgan fingerprint density at radius 1 is 1.15 bits per heavy atom. The molecule has 1 aliphatic heterocycles. The van der Waals surface area contributed by atoms with Crippen molar-refractivity contribution in [2.24, 2.45) is 5.92 Å². The summed E-state index contributed by atoms with van der Waals surface area (Å²) in [6, 6.07) is 6.11. The van der Waals surface area contributed by atoms with Gasteiger partial charge in [-0.3, -0.25) is 4.79 Å². The Labute approximate surface area is 132 Å². The van der Waals surface area contributed by atoms with Gasteiger partial charge in [0.25, 0.3) is 0 Å². The highest BCUT2D eigenvalue weighted by Crippen LogP contribution is 2.17. The fourth-order valence-corrected chi connectivity index (χ4v) is 2.57. The highest BCUT2D eigenvalue weighted by atomic mass is 79.9. The lowest BCUT2D eigenvalue weighted by atomic mass is 9.99. The summed E-state index contributed by atoms with van der Waals surface area (Å²) in [5, 5.41) is 0. The van der Waals surface area contributed by atoms with Gasteiger partial charge in [0.05, 0.1) is 0 Å². The Morgan fingerprint density at radius 2 is 1.80 bits per heavy atom. The van der Waals surface area contributed by atoms with Crippen LogP contribution in [0.15, 0.2) is 30.6 Å². The van der Waals surface area contributed by atoms with Gasteiger partial charge in [-0.15, -0.1) is 0 Å². The van der Waals surface area contributed by atoms with Crippen LogP contribution in [0.3, 0.4) is 0 Å². The molecule has 20 heavy (non-hydrogen) atoms. The predicted octanol–water partition coefficient (Wildman–Crippen LogP) is -0.593. The fourth-order valence-electron chi connectivity index (χ4n) is 2.57. The quantitative estimate of drug-likeness (QED) is 0.519. The lowest BCUT2D eigenvalue weighted by Crippen LogP contribution is -3.00. The predicted molar refractivity (Wildman–Crippen MR) is 75.5 cm³/mol. The van der Waals surface area contributed by atoms with Crippen LogP contribution in [0.4, 0.5) is 0 Å². The van der Waals surface area contributed by atoms with E-state index in [4.69, 9.17) is 0 Å². The molecule has 0 aromatic carbocycles. The first-order chi connectivity index (χ1) is 9.25. The van der Waals surface area contributed by atoms with Crippen molar-refractivity contribution in [3.63, 3.8) is 0 Å². The molecule has 1 amide bonds. The SMILES string of the molecule is CC1CCN(C(=O)CCCC[n+]2ccccc2)CC1.[Br-]. The summed E-state index contributed by atoms with van der Waals surface area (Å²) in [5.41, 5.74) is 0. The zero-order valence-electron chi connectivity index (χ0n) is 12.3. The molecule has 112 valence electrons. The molecule has 1 aromatic rings. The second kappa shape index (κ2) is 9.11. The average molecular weight is 341 g/mol. The molecule has 0 atom stereocenters. The summed E-state index contributed by atoms with van der Waals surface area (Å²) in [5.74, 6) is 1.14. The smallest absolute Gasteiger partial charge is 0.222 e. The molecule has 0 spiro atoms. The van der Waals surface area contributed by atoms with E-state index in [0.717, 1.165) is 38.4 Å². The molecule has 3 nitrogen and oxygen atoms in total. The number of amides is 1. The fraction of sp³-hybridized carbons (Fsp3) is 0.625. The Hall–Kier alpha value is -0.900. The zero-order chi connectivity index (χ0) is 13.5. The molecule has 1 fully saturated rings. The normalized spacial score (nSPS) is 15.8. The van der Waals surface area contributed by atoms with Crippen LogP contribution in [0.5, 0.6) is 0 Å². The van der Waals surface area contributed by atoms with Gasteiger partial charge < -0.3 is 21.9 Å². The minimum atomic E-state index is 0. The molecule has 0 unspecified atom stereocenters. The van der Waals surface area contributed by atoms with E-state index < -0.39 is 0 Å². The van der Waals surface area contributed by atoms with Gasteiger partial charge in [0.2, 0.25) is 5.91 Å². The van der Waals surface area contributed by atoms with Crippen molar-refractivity contribution in [1.29, 1.82) is 0 Å². The molecule has 2 heterocycles. The molecule has 0 bridgehead atoms. The van der Waals surface area contributed by atoms with Gasteiger partial charge in [-0.05, 0) is 25.2 Å². The maximum Gasteiger partial charge on any atom is 0.222 e. The standard InChI is InChI=1S/C16H25N2O.BrH/c1-15-8-13-18(14-9-15)16(19)7-3-6-12-17-10-4-2-5-11-17;/h2,4-5,10-11,15H,3,6-9,12-14H2,1H3;1H/q+1;/p-1. The number of aromatic nitrogens is 1. The second-order valence-corrected chi connectivity index (χ2v) is 5.63. The van der Waals surface area contributed by atoms with E-state index in [9.17, 15) is 4.79 Å².